The zero-order valence-corrected chi connectivity index (χ0v) is 22.1. The first-order valence-electron chi connectivity index (χ1n) is 11.6. The number of anilines is 1. The Morgan fingerprint density at radius 1 is 1.16 bits per heavy atom. The molecule has 2 amide bonds. The van der Waals surface area contributed by atoms with Crippen molar-refractivity contribution in [2.45, 2.75) is 26.3 Å². The second kappa shape index (κ2) is 11.6. The summed E-state index contributed by atoms with van der Waals surface area (Å²) in [7, 11) is 1.52. The van der Waals surface area contributed by atoms with Gasteiger partial charge in [0, 0.05) is 11.6 Å². The summed E-state index contributed by atoms with van der Waals surface area (Å²) in [6.07, 6.45) is 0.0843. The number of imidazole rings is 1. The van der Waals surface area contributed by atoms with Gasteiger partial charge in [0.25, 0.3) is 0 Å². The van der Waals surface area contributed by atoms with Crippen molar-refractivity contribution >= 4 is 40.6 Å². The quantitative estimate of drug-likeness (QED) is 0.271. The summed E-state index contributed by atoms with van der Waals surface area (Å²) in [5.41, 5.74) is 2.11. The second-order valence-corrected chi connectivity index (χ2v) is 10.0. The molecule has 0 aliphatic carbocycles. The molecule has 0 atom stereocenters. The Kier molecular flexibility index (Phi) is 8.25. The van der Waals surface area contributed by atoms with E-state index >= 15 is 0 Å². The van der Waals surface area contributed by atoms with Crippen molar-refractivity contribution in [1.82, 2.24) is 14.9 Å². The Bertz CT molecular complexity index is 1400. The number of hydrogen-bond donors (Lipinski definition) is 2. The third-order valence-corrected chi connectivity index (χ3v) is 6.84. The van der Waals surface area contributed by atoms with E-state index in [1.165, 1.54) is 18.1 Å². The number of hydrogen-bond acceptors (Lipinski definition) is 5. The normalized spacial score (nSPS) is 11.0. The lowest BCUT2D eigenvalue weighted by Gasteiger charge is -2.26. The third kappa shape index (κ3) is 6.36. The molecule has 4 aromatic rings. The van der Waals surface area contributed by atoms with Gasteiger partial charge in [-0.25, -0.2) is 4.98 Å². The SMILES string of the molecule is COc1ccc(CC(=O)N(CC(=O)Nc2nc(-c3ccc(F)s3)[nH]c2-c2ccccc2)C(C)C)cc1Cl. The Morgan fingerprint density at radius 2 is 1.92 bits per heavy atom. The minimum absolute atomic E-state index is 0.0843. The number of nitrogens with zero attached hydrogens (tertiary/aromatic N) is 2. The summed E-state index contributed by atoms with van der Waals surface area (Å²) in [5, 5.41) is 2.91. The highest BCUT2D eigenvalue weighted by Crippen LogP contribution is 2.32. The van der Waals surface area contributed by atoms with Crippen molar-refractivity contribution in [3.63, 3.8) is 0 Å². The number of carbonyl (C=O) groups is 2. The monoisotopic (exact) mass is 540 g/mol. The van der Waals surface area contributed by atoms with Crippen LogP contribution in [0.2, 0.25) is 5.02 Å². The number of nitrogens with one attached hydrogen (secondary N) is 2. The van der Waals surface area contributed by atoms with Crippen LogP contribution in [0.1, 0.15) is 19.4 Å². The zero-order chi connectivity index (χ0) is 26.5. The second-order valence-electron chi connectivity index (χ2n) is 8.59. The van der Waals surface area contributed by atoms with Gasteiger partial charge in [0.05, 0.1) is 29.1 Å². The van der Waals surface area contributed by atoms with Crippen molar-refractivity contribution in [3.05, 3.63) is 76.4 Å². The molecule has 192 valence electrons. The van der Waals surface area contributed by atoms with Crippen LogP contribution in [0, 0.1) is 5.13 Å². The van der Waals surface area contributed by atoms with Crippen LogP contribution in [0.25, 0.3) is 22.0 Å². The number of benzene rings is 2. The topological polar surface area (TPSA) is 87.3 Å². The van der Waals surface area contributed by atoms with E-state index in [1.54, 1.807) is 24.3 Å². The Hall–Kier alpha value is -3.69. The first kappa shape index (κ1) is 26.4. The number of thiophene rings is 1. The largest absolute Gasteiger partial charge is 0.495 e. The maximum atomic E-state index is 13.6. The summed E-state index contributed by atoms with van der Waals surface area (Å²) < 4.78 is 18.8. The first-order valence-corrected chi connectivity index (χ1v) is 12.8. The van der Waals surface area contributed by atoms with Gasteiger partial charge < -0.3 is 19.9 Å². The van der Waals surface area contributed by atoms with Crippen molar-refractivity contribution in [2.24, 2.45) is 0 Å². The molecule has 0 aliphatic rings. The van der Waals surface area contributed by atoms with Crippen LogP contribution >= 0.6 is 22.9 Å². The number of H-pyrrole nitrogens is 1. The van der Waals surface area contributed by atoms with E-state index in [0.29, 0.717) is 38.5 Å². The minimum Gasteiger partial charge on any atom is -0.495 e. The molecule has 7 nitrogen and oxygen atoms in total. The maximum Gasteiger partial charge on any atom is 0.245 e. The number of rotatable bonds is 9. The van der Waals surface area contributed by atoms with E-state index < -0.39 is 5.91 Å². The van der Waals surface area contributed by atoms with Gasteiger partial charge in [0.1, 0.15) is 12.3 Å². The number of aromatic nitrogens is 2. The molecule has 4 rings (SSSR count). The molecule has 0 aliphatic heterocycles. The van der Waals surface area contributed by atoms with Crippen molar-refractivity contribution in [1.29, 1.82) is 0 Å². The predicted molar refractivity (Wildman–Crippen MR) is 144 cm³/mol. The van der Waals surface area contributed by atoms with Gasteiger partial charge >= 0.3 is 0 Å². The van der Waals surface area contributed by atoms with Gasteiger partial charge in [-0.05, 0) is 43.7 Å². The van der Waals surface area contributed by atoms with Crippen molar-refractivity contribution in [2.75, 3.05) is 19.0 Å². The van der Waals surface area contributed by atoms with Crippen molar-refractivity contribution < 1.29 is 18.7 Å². The molecule has 0 unspecified atom stereocenters. The van der Waals surface area contributed by atoms with E-state index in [9.17, 15) is 14.0 Å². The molecule has 2 heterocycles. The summed E-state index contributed by atoms with van der Waals surface area (Å²) >= 11 is 7.15. The molecule has 10 heteroatoms. The maximum absolute atomic E-state index is 13.6. The molecule has 2 aromatic carbocycles. The number of aromatic amines is 1. The molecule has 2 aromatic heterocycles. The van der Waals surface area contributed by atoms with Crippen molar-refractivity contribution in [3.8, 4) is 27.7 Å². The minimum atomic E-state index is -0.401. The number of amides is 2. The highest BCUT2D eigenvalue weighted by molar-refractivity contribution is 7.13. The molecule has 0 saturated heterocycles. The van der Waals surface area contributed by atoms with E-state index in [1.807, 2.05) is 44.2 Å². The lowest BCUT2D eigenvalue weighted by Crippen LogP contribution is -2.43. The molecule has 2 N–H and O–H groups in total. The van der Waals surface area contributed by atoms with Gasteiger partial charge in [-0.3, -0.25) is 9.59 Å². The van der Waals surface area contributed by atoms with Gasteiger partial charge in [-0.2, -0.15) is 4.39 Å². The smallest absolute Gasteiger partial charge is 0.245 e. The molecule has 0 bridgehead atoms. The van der Waals surface area contributed by atoms with Crippen LogP contribution in [0.4, 0.5) is 10.2 Å². The lowest BCUT2D eigenvalue weighted by atomic mass is 10.1. The fourth-order valence-electron chi connectivity index (χ4n) is 3.82. The molecule has 0 radical (unpaired) electrons. The molecule has 0 spiro atoms. The van der Waals surface area contributed by atoms with Gasteiger partial charge in [0.15, 0.2) is 16.8 Å². The molecule has 37 heavy (non-hydrogen) atoms. The summed E-state index contributed by atoms with van der Waals surface area (Å²) in [6, 6.07) is 17.3. The van der Waals surface area contributed by atoms with E-state index in [-0.39, 0.29) is 30.0 Å². The van der Waals surface area contributed by atoms with Gasteiger partial charge in [-0.15, -0.1) is 11.3 Å². The molecular formula is C27H26ClFN4O3S. The predicted octanol–water partition coefficient (Wildman–Crippen LogP) is 6.02. The van der Waals surface area contributed by atoms with Crippen LogP contribution in [-0.4, -0.2) is 46.4 Å². The summed E-state index contributed by atoms with van der Waals surface area (Å²) in [4.78, 5) is 36.0. The Labute approximate surface area is 223 Å². The van der Waals surface area contributed by atoms with Gasteiger partial charge in [-0.1, -0.05) is 48.0 Å². The number of ether oxygens (including phenoxy) is 1. The standard InChI is InChI=1S/C27H26ClFN4O3S/c1-16(2)33(24(35)14-17-9-10-20(36-3)19(28)13-17)15-23(34)30-27-25(18-7-5-4-6-8-18)31-26(32-27)21-11-12-22(29)37-21/h4-13,16H,14-15H2,1-3H3,(H,30,34)(H,31,32). The van der Waals surface area contributed by atoms with Gasteiger partial charge in [0.2, 0.25) is 11.8 Å². The lowest BCUT2D eigenvalue weighted by molar-refractivity contribution is -0.135. The fourth-order valence-corrected chi connectivity index (χ4v) is 4.77. The fraction of sp³-hybridized carbons (Fsp3) is 0.222. The summed E-state index contributed by atoms with van der Waals surface area (Å²) in [6.45, 7) is 3.53. The molecule has 0 fully saturated rings. The first-order chi connectivity index (χ1) is 17.7. The van der Waals surface area contributed by atoms with Crippen LogP contribution in [0.3, 0.4) is 0 Å². The molecular weight excluding hydrogens is 515 g/mol. The Morgan fingerprint density at radius 3 is 2.54 bits per heavy atom. The number of halogens is 2. The van der Waals surface area contributed by atoms with Crippen LogP contribution in [0.15, 0.2) is 60.7 Å². The number of methoxy groups -OCH3 is 1. The summed E-state index contributed by atoms with van der Waals surface area (Å²) in [5.74, 6) is 0.652. The van der Waals surface area contributed by atoms with Crippen LogP contribution < -0.4 is 10.1 Å². The van der Waals surface area contributed by atoms with E-state index in [0.717, 1.165) is 16.9 Å². The highest BCUT2D eigenvalue weighted by atomic mass is 35.5. The van der Waals surface area contributed by atoms with Crippen LogP contribution in [0.5, 0.6) is 5.75 Å². The molecule has 0 saturated carbocycles. The van der Waals surface area contributed by atoms with E-state index in [4.69, 9.17) is 16.3 Å². The number of carbonyl (C=O) groups excluding carboxylic acids is 2. The zero-order valence-electron chi connectivity index (χ0n) is 20.5. The highest BCUT2D eigenvalue weighted by Gasteiger charge is 2.23. The van der Waals surface area contributed by atoms with E-state index in [2.05, 4.69) is 15.3 Å². The average Bonchev–Trinajstić information content (AvgIpc) is 3.49. The average molecular weight is 541 g/mol. The van der Waals surface area contributed by atoms with Crippen LogP contribution in [-0.2, 0) is 16.0 Å². The third-order valence-electron chi connectivity index (χ3n) is 5.66. The Balaban J connectivity index is 1.53.